The maximum Gasteiger partial charge on any atom is 0.253 e. The number of nitrogen functional groups attached to an aromatic ring is 1. The number of hydrogen-bond donors (Lipinski definition) is 2. The summed E-state index contributed by atoms with van der Waals surface area (Å²) in [6.45, 7) is 0.120. The molecule has 1 heterocycles. The lowest BCUT2D eigenvalue weighted by atomic mass is 10.1. The van der Waals surface area contributed by atoms with Crippen molar-refractivity contribution in [3.8, 4) is 0 Å². The second-order valence-electron chi connectivity index (χ2n) is 7.24. The van der Waals surface area contributed by atoms with Gasteiger partial charge >= 0.3 is 0 Å². The standard InChI is InChI=1S/C22H26N4O3/c1-24(21(28)14-27)12-17-10-16(8-9-19(17)23)22(29)25(2)13-18-11-15-6-4-5-7-20(15)26(18)3/h4-11,27H,12-14,23H2,1-3H3. The molecule has 0 fully saturated rings. The lowest BCUT2D eigenvalue weighted by Crippen LogP contribution is -2.30. The molecule has 0 saturated carbocycles. The molecule has 2 amide bonds. The van der Waals surface area contributed by atoms with Crippen LogP contribution in [-0.4, -0.2) is 52.0 Å². The molecule has 7 heteroatoms. The normalized spacial score (nSPS) is 10.9. The SMILES string of the molecule is CN(Cc1cc(C(=O)N(C)Cc2cc3ccccc3n2C)ccc1N)C(=O)CO. The third-order valence-electron chi connectivity index (χ3n) is 5.16. The van der Waals surface area contributed by atoms with Gasteiger partial charge in [-0.1, -0.05) is 18.2 Å². The van der Waals surface area contributed by atoms with Gasteiger partial charge in [0.05, 0.1) is 6.54 Å². The van der Waals surface area contributed by atoms with Crippen molar-refractivity contribution in [2.45, 2.75) is 13.1 Å². The molecule has 3 rings (SSSR count). The molecule has 152 valence electrons. The number of fused-ring (bicyclic) bond motifs is 1. The molecule has 7 nitrogen and oxygen atoms in total. The van der Waals surface area contributed by atoms with Crippen molar-refractivity contribution in [1.82, 2.24) is 14.4 Å². The molecule has 29 heavy (non-hydrogen) atoms. The van der Waals surface area contributed by atoms with E-state index in [1.165, 1.54) is 4.90 Å². The first kappa shape index (κ1) is 20.4. The molecular formula is C22H26N4O3. The van der Waals surface area contributed by atoms with E-state index in [1.807, 2.05) is 19.2 Å². The van der Waals surface area contributed by atoms with Crippen LogP contribution >= 0.6 is 0 Å². The van der Waals surface area contributed by atoms with Crippen LogP contribution in [0.4, 0.5) is 5.69 Å². The van der Waals surface area contributed by atoms with Crippen LogP contribution < -0.4 is 5.73 Å². The molecule has 0 aliphatic rings. The molecule has 1 aromatic heterocycles. The van der Waals surface area contributed by atoms with Crippen molar-refractivity contribution in [3.05, 3.63) is 65.4 Å². The average molecular weight is 394 g/mol. The van der Waals surface area contributed by atoms with Crippen LogP contribution in [0.2, 0.25) is 0 Å². The zero-order valence-corrected chi connectivity index (χ0v) is 16.9. The van der Waals surface area contributed by atoms with E-state index in [4.69, 9.17) is 10.8 Å². The number of carbonyl (C=O) groups excluding carboxylic acids is 2. The van der Waals surface area contributed by atoms with E-state index < -0.39 is 12.5 Å². The number of nitrogens with two attached hydrogens (primary N) is 1. The molecule has 0 atom stereocenters. The van der Waals surface area contributed by atoms with Crippen molar-refractivity contribution in [1.29, 1.82) is 0 Å². The van der Waals surface area contributed by atoms with Gasteiger partial charge in [0.15, 0.2) is 0 Å². The van der Waals surface area contributed by atoms with E-state index >= 15 is 0 Å². The quantitative estimate of drug-likeness (QED) is 0.626. The second-order valence-corrected chi connectivity index (χ2v) is 7.24. The fourth-order valence-corrected chi connectivity index (χ4v) is 3.37. The van der Waals surface area contributed by atoms with E-state index in [0.29, 0.717) is 23.4 Å². The summed E-state index contributed by atoms with van der Waals surface area (Å²) in [4.78, 5) is 27.6. The molecule has 2 aromatic carbocycles. The van der Waals surface area contributed by atoms with Crippen LogP contribution in [0.25, 0.3) is 10.9 Å². The number of para-hydroxylation sites is 1. The number of aliphatic hydroxyl groups excluding tert-OH is 1. The lowest BCUT2D eigenvalue weighted by Gasteiger charge is -2.20. The largest absolute Gasteiger partial charge is 0.398 e. The summed E-state index contributed by atoms with van der Waals surface area (Å²) in [5.41, 5.74) is 9.83. The number of hydrogen-bond acceptors (Lipinski definition) is 4. The summed E-state index contributed by atoms with van der Waals surface area (Å²) in [6, 6.07) is 15.2. The highest BCUT2D eigenvalue weighted by molar-refractivity contribution is 5.95. The van der Waals surface area contributed by atoms with E-state index in [2.05, 4.69) is 22.8 Å². The number of amides is 2. The third kappa shape index (κ3) is 4.25. The van der Waals surface area contributed by atoms with Gasteiger partial charge in [-0.05, 0) is 41.3 Å². The van der Waals surface area contributed by atoms with Gasteiger partial charge < -0.3 is 25.2 Å². The Morgan fingerprint density at radius 2 is 1.76 bits per heavy atom. The molecular weight excluding hydrogens is 368 g/mol. The number of aliphatic hydroxyl groups is 1. The van der Waals surface area contributed by atoms with Gasteiger partial charge in [0.1, 0.15) is 6.61 Å². The van der Waals surface area contributed by atoms with Crippen molar-refractivity contribution in [2.24, 2.45) is 7.05 Å². The minimum Gasteiger partial charge on any atom is -0.398 e. The third-order valence-corrected chi connectivity index (χ3v) is 5.16. The molecule has 0 unspecified atom stereocenters. The number of likely N-dealkylation sites (N-methyl/N-ethyl adjacent to an activating group) is 1. The fourth-order valence-electron chi connectivity index (χ4n) is 3.37. The number of aromatic nitrogens is 1. The maximum atomic E-state index is 13.0. The summed E-state index contributed by atoms with van der Waals surface area (Å²) in [7, 11) is 5.33. The Balaban J connectivity index is 1.79. The molecule has 0 radical (unpaired) electrons. The van der Waals surface area contributed by atoms with Crippen molar-refractivity contribution < 1.29 is 14.7 Å². The summed E-state index contributed by atoms with van der Waals surface area (Å²) < 4.78 is 2.09. The van der Waals surface area contributed by atoms with Gasteiger partial charge in [-0.3, -0.25) is 9.59 Å². The van der Waals surface area contributed by atoms with Crippen molar-refractivity contribution in [2.75, 3.05) is 26.4 Å². The topological polar surface area (TPSA) is 91.8 Å². The van der Waals surface area contributed by atoms with E-state index in [1.54, 1.807) is 37.2 Å². The molecule has 0 spiro atoms. The predicted molar refractivity (Wildman–Crippen MR) is 113 cm³/mol. The highest BCUT2D eigenvalue weighted by Crippen LogP contribution is 2.21. The second kappa shape index (κ2) is 8.36. The minimum atomic E-state index is -0.567. The highest BCUT2D eigenvalue weighted by atomic mass is 16.3. The molecule has 3 aromatic rings. The van der Waals surface area contributed by atoms with Crippen LogP contribution in [0, 0.1) is 0 Å². The van der Waals surface area contributed by atoms with E-state index in [0.717, 1.165) is 16.6 Å². The number of rotatable bonds is 6. The Morgan fingerprint density at radius 3 is 2.45 bits per heavy atom. The Bertz CT molecular complexity index is 1060. The first-order valence-corrected chi connectivity index (χ1v) is 9.34. The summed E-state index contributed by atoms with van der Waals surface area (Å²) in [5, 5.41) is 10.1. The number of benzene rings is 2. The predicted octanol–water partition coefficient (Wildman–Crippen LogP) is 1.98. The lowest BCUT2D eigenvalue weighted by molar-refractivity contribution is -0.133. The Labute approximate surface area is 169 Å². The number of carbonyl (C=O) groups is 2. The van der Waals surface area contributed by atoms with Crippen LogP contribution in [0.1, 0.15) is 21.6 Å². The Kier molecular flexibility index (Phi) is 5.89. The first-order chi connectivity index (χ1) is 13.8. The van der Waals surface area contributed by atoms with E-state index in [-0.39, 0.29) is 12.5 Å². The van der Waals surface area contributed by atoms with Gasteiger partial charge in [-0.2, -0.15) is 0 Å². The monoisotopic (exact) mass is 394 g/mol. The first-order valence-electron chi connectivity index (χ1n) is 9.34. The van der Waals surface area contributed by atoms with Gasteiger partial charge in [-0.15, -0.1) is 0 Å². The number of aryl methyl sites for hydroxylation is 1. The Hall–Kier alpha value is -3.32. The molecule has 0 saturated heterocycles. The van der Waals surface area contributed by atoms with Crippen LogP contribution in [0.5, 0.6) is 0 Å². The van der Waals surface area contributed by atoms with Crippen LogP contribution in [-0.2, 0) is 24.9 Å². The minimum absolute atomic E-state index is 0.132. The van der Waals surface area contributed by atoms with Crippen molar-refractivity contribution in [3.63, 3.8) is 0 Å². The molecule has 0 bridgehead atoms. The van der Waals surface area contributed by atoms with Gasteiger partial charge in [0.25, 0.3) is 5.91 Å². The summed E-state index contributed by atoms with van der Waals surface area (Å²) in [6.07, 6.45) is 0. The highest BCUT2D eigenvalue weighted by Gasteiger charge is 2.17. The average Bonchev–Trinajstić information content (AvgIpc) is 3.03. The van der Waals surface area contributed by atoms with Crippen LogP contribution in [0.15, 0.2) is 48.5 Å². The van der Waals surface area contributed by atoms with Crippen LogP contribution in [0.3, 0.4) is 0 Å². The zero-order chi connectivity index (χ0) is 21.1. The molecule has 0 aliphatic heterocycles. The van der Waals surface area contributed by atoms with Gasteiger partial charge in [-0.25, -0.2) is 0 Å². The van der Waals surface area contributed by atoms with E-state index in [9.17, 15) is 9.59 Å². The summed E-state index contributed by atoms with van der Waals surface area (Å²) in [5.74, 6) is -0.540. The van der Waals surface area contributed by atoms with Gasteiger partial charge in [0.2, 0.25) is 5.91 Å². The number of nitrogens with zero attached hydrogens (tertiary/aromatic N) is 3. The molecule has 0 aliphatic carbocycles. The smallest absolute Gasteiger partial charge is 0.253 e. The number of anilines is 1. The Morgan fingerprint density at radius 1 is 1.03 bits per heavy atom. The zero-order valence-electron chi connectivity index (χ0n) is 16.9. The summed E-state index contributed by atoms with van der Waals surface area (Å²) >= 11 is 0. The fraction of sp³-hybridized carbons (Fsp3) is 0.273. The van der Waals surface area contributed by atoms with Crippen molar-refractivity contribution >= 4 is 28.4 Å². The maximum absolute atomic E-state index is 13.0. The molecule has 3 N–H and O–H groups in total. The van der Waals surface area contributed by atoms with Gasteiger partial charge in [0, 0.05) is 50.1 Å².